The van der Waals surface area contributed by atoms with E-state index in [9.17, 15) is 4.79 Å². The molecule has 1 saturated heterocycles. The van der Waals surface area contributed by atoms with Crippen molar-refractivity contribution in [2.24, 2.45) is 5.92 Å². The molecule has 1 aliphatic carbocycles. The van der Waals surface area contributed by atoms with Gasteiger partial charge in [-0.05, 0) is 31.9 Å². The number of anilines is 1. The fraction of sp³-hybridized carbons (Fsp3) is 0.556. The maximum absolute atomic E-state index is 12.3. The van der Waals surface area contributed by atoms with Gasteiger partial charge in [-0.25, -0.2) is 9.97 Å². The van der Waals surface area contributed by atoms with E-state index in [-0.39, 0.29) is 11.9 Å². The smallest absolute Gasteiger partial charge is 0.225 e. The van der Waals surface area contributed by atoms with Gasteiger partial charge in [-0.1, -0.05) is 6.42 Å². The predicted octanol–water partition coefficient (Wildman–Crippen LogP) is 1.61. The summed E-state index contributed by atoms with van der Waals surface area (Å²) in [7, 11) is 0. The van der Waals surface area contributed by atoms with Crippen LogP contribution in [0.2, 0.25) is 0 Å². The van der Waals surface area contributed by atoms with Gasteiger partial charge in [0.15, 0.2) is 0 Å². The van der Waals surface area contributed by atoms with Crippen molar-refractivity contribution < 1.29 is 4.79 Å². The van der Waals surface area contributed by atoms with Crippen LogP contribution in [-0.4, -0.2) is 44.7 Å². The van der Waals surface area contributed by atoms with E-state index in [0.717, 1.165) is 36.7 Å². The molecule has 0 bridgehead atoms. The zero-order valence-corrected chi connectivity index (χ0v) is 14.5. The van der Waals surface area contributed by atoms with Crippen LogP contribution in [-0.2, 0) is 11.2 Å². The summed E-state index contributed by atoms with van der Waals surface area (Å²) in [6.45, 7) is 2.93. The first kappa shape index (κ1) is 16.1. The third-order valence-electron chi connectivity index (χ3n) is 5.18. The summed E-state index contributed by atoms with van der Waals surface area (Å²) < 4.78 is 0. The SMILES string of the molecule is Cc1cc(CCC(=O)NC2C3CCCCN(c4ncccn4)C32)n[nH]1. The Balaban J connectivity index is 1.36. The van der Waals surface area contributed by atoms with Gasteiger partial charge in [0, 0.05) is 43.4 Å². The normalized spacial score (nSPS) is 25.2. The van der Waals surface area contributed by atoms with E-state index in [0.29, 0.717) is 24.8 Å². The second kappa shape index (κ2) is 6.82. The Hall–Kier alpha value is -2.44. The number of aryl methyl sites for hydroxylation is 2. The van der Waals surface area contributed by atoms with Crippen LogP contribution in [0.1, 0.15) is 37.1 Å². The largest absolute Gasteiger partial charge is 0.351 e. The first-order valence-corrected chi connectivity index (χ1v) is 9.06. The number of aromatic amines is 1. The van der Waals surface area contributed by atoms with Gasteiger partial charge in [0.1, 0.15) is 0 Å². The van der Waals surface area contributed by atoms with Crippen molar-refractivity contribution in [3.63, 3.8) is 0 Å². The van der Waals surface area contributed by atoms with Crippen LogP contribution in [0, 0.1) is 12.8 Å². The Labute approximate surface area is 147 Å². The van der Waals surface area contributed by atoms with E-state index in [2.05, 4.69) is 30.4 Å². The van der Waals surface area contributed by atoms with Crippen molar-refractivity contribution in [1.29, 1.82) is 0 Å². The van der Waals surface area contributed by atoms with Crippen molar-refractivity contribution >= 4 is 11.9 Å². The molecular formula is C18H24N6O. The van der Waals surface area contributed by atoms with E-state index in [1.807, 2.05) is 19.1 Å². The van der Waals surface area contributed by atoms with Gasteiger partial charge in [-0.15, -0.1) is 0 Å². The van der Waals surface area contributed by atoms with Gasteiger partial charge in [-0.2, -0.15) is 5.10 Å². The topological polar surface area (TPSA) is 86.8 Å². The second-order valence-electron chi connectivity index (χ2n) is 7.03. The summed E-state index contributed by atoms with van der Waals surface area (Å²) in [5.41, 5.74) is 1.97. The van der Waals surface area contributed by atoms with Crippen LogP contribution in [0.4, 0.5) is 5.95 Å². The molecule has 0 spiro atoms. The molecule has 1 aliphatic heterocycles. The lowest BCUT2D eigenvalue weighted by Gasteiger charge is -2.22. The highest BCUT2D eigenvalue weighted by Gasteiger charge is 2.55. The molecule has 7 heteroatoms. The summed E-state index contributed by atoms with van der Waals surface area (Å²) in [5, 5.41) is 10.3. The maximum Gasteiger partial charge on any atom is 0.225 e. The number of carbonyl (C=O) groups is 1. The fourth-order valence-electron chi connectivity index (χ4n) is 3.91. The molecule has 3 heterocycles. The minimum absolute atomic E-state index is 0.104. The molecule has 4 rings (SSSR count). The first-order chi connectivity index (χ1) is 12.2. The highest BCUT2D eigenvalue weighted by atomic mass is 16.1. The number of rotatable bonds is 5. The van der Waals surface area contributed by atoms with Gasteiger partial charge in [0.05, 0.1) is 17.8 Å². The van der Waals surface area contributed by atoms with Gasteiger partial charge in [-0.3, -0.25) is 9.89 Å². The monoisotopic (exact) mass is 340 g/mol. The number of fused-ring (bicyclic) bond motifs is 1. The number of hydrogen-bond donors (Lipinski definition) is 2. The third-order valence-corrected chi connectivity index (χ3v) is 5.18. The molecule has 2 aliphatic rings. The molecule has 2 aromatic heterocycles. The maximum atomic E-state index is 12.3. The molecule has 1 amide bonds. The average Bonchev–Trinajstić information content (AvgIpc) is 3.19. The molecule has 3 unspecified atom stereocenters. The number of H-pyrrole nitrogens is 1. The number of nitrogens with one attached hydrogen (secondary N) is 2. The number of aromatic nitrogens is 4. The number of amides is 1. The van der Waals surface area contributed by atoms with Crippen LogP contribution in [0.5, 0.6) is 0 Å². The number of carbonyl (C=O) groups excluding carboxylic acids is 1. The summed E-state index contributed by atoms with van der Waals surface area (Å²) in [5.74, 6) is 1.40. The Morgan fingerprint density at radius 3 is 2.96 bits per heavy atom. The lowest BCUT2D eigenvalue weighted by atomic mass is 10.2. The van der Waals surface area contributed by atoms with Crippen LogP contribution in [0.15, 0.2) is 24.5 Å². The third kappa shape index (κ3) is 3.50. The number of hydrogen-bond acceptors (Lipinski definition) is 5. The minimum Gasteiger partial charge on any atom is -0.351 e. The van der Waals surface area contributed by atoms with Crippen molar-refractivity contribution in [2.75, 3.05) is 11.4 Å². The van der Waals surface area contributed by atoms with Crippen LogP contribution in [0.25, 0.3) is 0 Å². The molecule has 3 atom stereocenters. The molecular weight excluding hydrogens is 316 g/mol. The van der Waals surface area contributed by atoms with Gasteiger partial charge in [0.25, 0.3) is 0 Å². The van der Waals surface area contributed by atoms with Crippen molar-refractivity contribution in [3.05, 3.63) is 35.9 Å². The highest BCUT2D eigenvalue weighted by Crippen LogP contribution is 2.43. The Bertz CT molecular complexity index is 730. The van der Waals surface area contributed by atoms with Crippen molar-refractivity contribution in [2.45, 2.75) is 51.1 Å². The average molecular weight is 340 g/mol. The Kier molecular flexibility index (Phi) is 4.38. The molecule has 0 aromatic carbocycles. The molecule has 132 valence electrons. The summed E-state index contributed by atoms with van der Waals surface area (Å²) in [4.78, 5) is 23.4. The van der Waals surface area contributed by atoms with E-state index in [4.69, 9.17) is 0 Å². The zero-order valence-electron chi connectivity index (χ0n) is 14.5. The van der Waals surface area contributed by atoms with Crippen LogP contribution in [0.3, 0.4) is 0 Å². The minimum atomic E-state index is 0.104. The second-order valence-corrected chi connectivity index (χ2v) is 7.03. The molecule has 2 aromatic rings. The molecule has 2 N–H and O–H groups in total. The Morgan fingerprint density at radius 1 is 1.36 bits per heavy atom. The molecule has 25 heavy (non-hydrogen) atoms. The lowest BCUT2D eigenvalue weighted by molar-refractivity contribution is -0.121. The molecule has 0 radical (unpaired) electrons. The Morgan fingerprint density at radius 2 is 2.20 bits per heavy atom. The van der Waals surface area contributed by atoms with Crippen LogP contribution >= 0.6 is 0 Å². The fourth-order valence-corrected chi connectivity index (χ4v) is 3.91. The van der Waals surface area contributed by atoms with E-state index >= 15 is 0 Å². The standard InChI is InChI=1S/C18H24N6O/c1-12-11-13(23-22-12)6-7-15(25)21-16-14-5-2-3-10-24(17(14)16)18-19-8-4-9-20-18/h4,8-9,11,14,16-17H,2-3,5-7,10H2,1H3,(H,21,25)(H,22,23). The first-order valence-electron chi connectivity index (χ1n) is 9.06. The summed E-state index contributed by atoms with van der Waals surface area (Å²) >= 11 is 0. The molecule has 1 saturated carbocycles. The van der Waals surface area contributed by atoms with Gasteiger partial charge < -0.3 is 10.2 Å². The number of nitrogens with zero attached hydrogens (tertiary/aromatic N) is 4. The lowest BCUT2D eigenvalue weighted by Crippen LogP contribution is -2.36. The highest BCUT2D eigenvalue weighted by molar-refractivity contribution is 5.77. The predicted molar refractivity (Wildman–Crippen MR) is 94.1 cm³/mol. The van der Waals surface area contributed by atoms with E-state index in [1.54, 1.807) is 12.4 Å². The van der Waals surface area contributed by atoms with Crippen LogP contribution < -0.4 is 10.2 Å². The van der Waals surface area contributed by atoms with Crippen molar-refractivity contribution in [1.82, 2.24) is 25.5 Å². The summed E-state index contributed by atoms with van der Waals surface area (Å²) in [6.07, 6.45) is 8.23. The summed E-state index contributed by atoms with van der Waals surface area (Å²) in [6, 6.07) is 4.38. The van der Waals surface area contributed by atoms with Gasteiger partial charge >= 0.3 is 0 Å². The van der Waals surface area contributed by atoms with Gasteiger partial charge in [0.2, 0.25) is 11.9 Å². The van der Waals surface area contributed by atoms with Crippen molar-refractivity contribution in [3.8, 4) is 0 Å². The molecule has 7 nitrogen and oxygen atoms in total. The zero-order chi connectivity index (χ0) is 17.2. The molecule has 2 fully saturated rings. The quantitative estimate of drug-likeness (QED) is 0.864. The van der Waals surface area contributed by atoms with E-state index in [1.165, 1.54) is 6.42 Å². The van der Waals surface area contributed by atoms with E-state index < -0.39 is 0 Å².